The number of allylic oxidation sites excluding steroid dienone is 2. The van der Waals surface area contributed by atoms with Crippen molar-refractivity contribution in [1.82, 2.24) is 5.32 Å². The van der Waals surface area contributed by atoms with Crippen LogP contribution in [-0.4, -0.2) is 31.2 Å². The van der Waals surface area contributed by atoms with Crippen molar-refractivity contribution >= 4 is 16.2 Å². The minimum absolute atomic E-state index is 0.00495. The second-order valence-corrected chi connectivity index (χ2v) is 18.0. The van der Waals surface area contributed by atoms with Gasteiger partial charge in [-0.2, -0.15) is 21.6 Å². The number of nitrogens with one attached hydrogen (secondary N) is 1. The third kappa shape index (κ3) is 4.61. The van der Waals surface area contributed by atoms with Crippen LogP contribution in [0.25, 0.3) is 0 Å². The van der Waals surface area contributed by atoms with Crippen LogP contribution in [-0.2, 0) is 19.0 Å². The van der Waals surface area contributed by atoms with Crippen molar-refractivity contribution in [2.75, 3.05) is 0 Å². The topological polar surface area (TPSA) is 81.7 Å². The van der Waals surface area contributed by atoms with E-state index in [0.29, 0.717) is 24.2 Å². The molecule has 5 rings (SSSR count). The van der Waals surface area contributed by atoms with Gasteiger partial charge in [-0.05, 0) is 125 Å². The predicted octanol–water partition coefficient (Wildman–Crippen LogP) is 8.48. The van der Waals surface area contributed by atoms with Crippen LogP contribution < -0.4 is 5.32 Å². The van der Waals surface area contributed by atoms with E-state index in [2.05, 4.69) is 26.1 Å². The average Bonchev–Trinajstić information content (AvgIpc) is 3.23. The number of hydrogen-bond donors (Lipinski definition) is 1. The van der Waals surface area contributed by atoms with Crippen molar-refractivity contribution in [2.45, 2.75) is 136 Å². The molecule has 8 atom stereocenters. The first-order chi connectivity index (χ1) is 19.0. The summed E-state index contributed by atoms with van der Waals surface area (Å²) in [6.07, 6.45) is 10.7. The summed E-state index contributed by atoms with van der Waals surface area (Å²) < 4.78 is 74.0. The third-order valence-electron chi connectivity index (χ3n) is 13.1. The van der Waals surface area contributed by atoms with E-state index in [0.717, 1.165) is 57.8 Å². The second kappa shape index (κ2) is 9.53. The molecule has 6 unspecified atom stereocenters. The lowest BCUT2D eigenvalue weighted by Gasteiger charge is -2.72. The van der Waals surface area contributed by atoms with E-state index < -0.39 is 26.6 Å². The number of fused-ring (bicyclic) bond motifs is 7. The van der Waals surface area contributed by atoms with Crippen molar-refractivity contribution < 1.29 is 35.3 Å². The third-order valence-corrected chi connectivity index (χ3v) is 14.1. The van der Waals surface area contributed by atoms with E-state index >= 15 is 0 Å². The zero-order valence-electron chi connectivity index (χ0n) is 26.5. The summed E-state index contributed by atoms with van der Waals surface area (Å²) in [4.78, 5) is 13.0. The van der Waals surface area contributed by atoms with Gasteiger partial charge in [0.05, 0.1) is 0 Å². The van der Waals surface area contributed by atoms with E-state index in [1.54, 1.807) is 6.08 Å². The zero-order valence-corrected chi connectivity index (χ0v) is 27.4. The Labute approximate surface area is 250 Å². The minimum Gasteiger partial charge on any atom is -0.444 e. The van der Waals surface area contributed by atoms with Gasteiger partial charge in [0.15, 0.2) is 0 Å². The Morgan fingerprint density at radius 2 is 1.55 bits per heavy atom. The molecule has 0 aromatic carbocycles. The Kier molecular flexibility index (Phi) is 7.25. The average molecular weight is 618 g/mol. The Bertz CT molecular complexity index is 1260. The predicted molar refractivity (Wildman–Crippen MR) is 154 cm³/mol. The summed E-state index contributed by atoms with van der Waals surface area (Å²) in [6, 6.07) is 0. The first kappa shape index (κ1) is 32.0. The highest BCUT2D eigenvalue weighted by molar-refractivity contribution is 7.87. The van der Waals surface area contributed by atoms with Crippen LogP contribution in [0.4, 0.5) is 18.0 Å². The van der Waals surface area contributed by atoms with Gasteiger partial charge in [-0.15, -0.1) is 0 Å². The quantitative estimate of drug-likeness (QED) is 0.254. The molecule has 0 bridgehead atoms. The Morgan fingerprint density at radius 1 is 0.881 bits per heavy atom. The highest BCUT2D eigenvalue weighted by Crippen LogP contribution is 2.75. The normalized spacial score (nSPS) is 43.2. The van der Waals surface area contributed by atoms with Crippen molar-refractivity contribution in [3.63, 3.8) is 0 Å². The molecule has 5 aliphatic carbocycles. The largest absolute Gasteiger partial charge is 0.534 e. The van der Waals surface area contributed by atoms with Crippen LogP contribution in [0.2, 0.25) is 0 Å². The first-order valence-electron chi connectivity index (χ1n) is 15.8. The van der Waals surface area contributed by atoms with Gasteiger partial charge in [-0.3, -0.25) is 0 Å². The number of ether oxygens (including phenoxy) is 1. The minimum atomic E-state index is -5.73. The van der Waals surface area contributed by atoms with Crippen LogP contribution in [0.3, 0.4) is 0 Å². The summed E-state index contributed by atoms with van der Waals surface area (Å²) in [5, 5.41) is 3.37. The highest BCUT2D eigenvalue weighted by atomic mass is 32.2. The molecular weight excluding hydrogens is 567 g/mol. The van der Waals surface area contributed by atoms with Gasteiger partial charge in [0.1, 0.15) is 11.4 Å². The van der Waals surface area contributed by atoms with Crippen LogP contribution >= 0.6 is 0 Å². The van der Waals surface area contributed by atoms with E-state index in [1.165, 1.54) is 0 Å². The van der Waals surface area contributed by atoms with Gasteiger partial charge < -0.3 is 14.2 Å². The highest BCUT2D eigenvalue weighted by Gasteiger charge is 2.70. The van der Waals surface area contributed by atoms with Crippen molar-refractivity contribution in [2.24, 2.45) is 45.3 Å². The number of alkyl carbamates (subject to hydrolysis) is 1. The van der Waals surface area contributed by atoms with Gasteiger partial charge in [0.2, 0.25) is 0 Å². The van der Waals surface area contributed by atoms with Gasteiger partial charge in [-0.1, -0.05) is 41.0 Å². The number of carbonyl (C=O) groups is 1. The van der Waals surface area contributed by atoms with E-state index in [4.69, 9.17) is 8.92 Å². The lowest BCUT2D eigenvalue weighted by molar-refractivity contribution is -0.220. The molecule has 10 heteroatoms. The molecule has 0 radical (unpaired) electrons. The molecular formula is C32H50F3NO5S. The molecule has 1 N–H and O–H groups in total. The van der Waals surface area contributed by atoms with Crippen LogP contribution in [0.5, 0.6) is 0 Å². The summed E-state index contributed by atoms with van der Waals surface area (Å²) in [5.41, 5.74) is -7.22. The molecule has 4 saturated carbocycles. The van der Waals surface area contributed by atoms with Crippen molar-refractivity contribution in [1.29, 1.82) is 0 Å². The number of rotatable bonds is 3. The molecule has 0 spiro atoms. The molecule has 0 saturated heterocycles. The standard InChI is InChI=1S/C32H50F3NO5S/c1-26(2,3)40-25(37)36-31-15-9-10-21(31)20-11-12-23-28(6)16-14-24(41-42(38,39)32(33,34)35)27(4,5)22(28)13-17-30(23,8)29(20,7)18-19-31/h14,20-23H,9-13,15-19H2,1-8H3,(H,36,37)/t20?,21-,22?,23?,28?,29-,30?,31?/m1/s1. The fraction of sp³-hybridized carbons (Fsp3) is 0.906. The van der Waals surface area contributed by atoms with Crippen LogP contribution in [0.15, 0.2) is 11.8 Å². The fourth-order valence-corrected chi connectivity index (χ4v) is 11.8. The molecule has 4 fully saturated rings. The maximum atomic E-state index is 13.2. The Morgan fingerprint density at radius 3 is 2.17 bits per heavy atom. The van der Waals surface area contributed by atoms with Crippen LogP contribution in [0, 0.1) is 45.3 Å². The Hall–Kier alpha value is -1.45. The maximum absolute atomic E-state index is 13.2. The molecule has 240 valence electrons. The molecule has 0 heterocycles. The second-order valence-electron chi connectivity index (χ2n) is 16.4. The SMILES string of the molecule is CC(C)(C)OC(=O)NC12CCC[C@@H]1C1CCC3C4(C)CC=C(OS(=O)(=O)C(F)(F)F)C(C)(C)C4CCC3(C)[C@]1(C)CC2. The number of hydrogen-bond acceptors (Lipinski definition) is 5. The summed E-state index contributed by atoms with van der Waals surface area (Å²) in [6.45, 7) is 16.6. The summed E-state index contributed by atoms with van der Waals surface area (Å²) in [5.74, 6) is 1.12. The fourth-order valence-electron chi connectivity index (χ4n) is 11.2. The van der Waals surface area contributed by atoms with Crippen molar-refractivity contribution in [3.8, 4) is 0 Å². The number of halogens is 3. The lowest BCUT2D eigenvalue weighted by Crippen LogP contribution is -2.68. The molecule has 0 aliphatic heterocycles. The Balaban J connectivity index is 1.43. The molecule has 42 heavy (non-hydrogen) atoms. The lowest BCUT2D eigenvalue weighted by atomic mass is 9.33. The van der Waals surface area contributed by atoms with Crippen molar-refractivity contribution in [3.05, 3.63) is 11.8 Å². The van der Waals surface area contributed by atoms with Gasteiger partial charge >= 0.3 is 21.7 Å². The molecule has 6 nitrogen and oxygen atoms in total. The molecule has 0 aromatic heterocycles. The molecule has 0 aromatic rings. The van der Waals surface area contributed by atoms with Gasteiger partial charge in [-0.25, -0.2) is 4.79 Å². The van der Waals surface area contributed by atoms with E-state index in [1.807, 2.05) is 34.6 Å². The summed E-state index contributed by atoms with van der Waals surface area (Å²) >= 11 is 0. The summed E-state index contributed by atoms with van der Waals surface area (Å²) in [7, 11) is -5.73. The molecule has 5 aliphatic rings. The van der Waals surface area contributed by atoms with Crippen LogP contribution in [0.1, 0.15) is 120 Å². The maximum Gasteiger partial charge on any atom is 0.534 e. The van der Waals surface area contributed by atoms with Gasteiger partial charge in [0.25, 0.3) is 0 Å². The van der Waals surface area contributed by atoms with Gasteiger partial charge in [0, 0.05) is 11.0 Å². The zero-order chi connectivity index (χ0) is 31.4. The number of carbonyl (C=O) groups excluding carboxylic acids is 1. The van der Waals surface area contributed by atoms with E-state index in [-0.39, 0.29) is 39.6 Å². The first-order valence-corrected chi connectivity index (χ1v) is 17.2. The number of alkyl halides is 3. The monoisotopic (exact) mass is 617 g/mol. The molecule has 1 amide bonds. The smallest absolute Gasteiger partial charge is 0.444 e. The number of amides is 1. The van der Waals surface area contributed by atoms with E-state index in [9.17, 15) is 26.4 Å².